The van der Waals surface area contributed by atoms with Crippen molar-refractivity contribution < 1.29 is 4.74 Å². The molecular weight excluding hydrogens is 124 g/mol. The molecule has 1 heterocycles. The molecule has 1 nitrogen and oxygen atoms in total. The molecule has 0 aliphatic carbocycles. The molecule has 0 bridgehead atoms. The molecule has 0 aromatic rings. The first-order valence-corrected chi connectivity index (χ1v) is 4.13. The van der Waals surface area contributed by atoms with Crippen molar-refractivity contribution in [3.63, 3.8) is 0 Å². The maximum absolute atomic E-state index is 5.68. The molecule has 10 heavy (non-hydrogen) atoms. The van der Waals surface area contributed by atoms with Gasteiger partial charge in [-0.15, -0.1) is 6.58 Å². The van der Waals surface area contributed by atoms with Crippen molar-refractivity contribution in [2.45, 2.75) is 44.8 Å². The summed E-state index contributed by atoms with van der Waals surface area (Å²) in [6.45, 7) is 5.88. The number of hydrogen-bond donors (Lipinski definition) is 0. The predicted octanol–water partition coefficient (Wildman–Crippen LogP) is 2.52. The van der Waals surface area contributed by atoms with E-state index >= 15 is 0 Å². The van der Waals surface area contributed by atoms with Gasteiger partial charge in [-0.3, -0.25) is 0 Å². The van der Waals surface area contributed by atoms with Gasteiger partial charge in [-0.25, -0.2) is 0 Å². The van der Waals surface area contributed by atoms with E-state index in [1.165, 1.54) is 12.8 Å². The van der Waals surface area contributed by atoms with Gasteiger partial charge in [0.1, 0.15) is 0 Å². The van der Waals surface area contributed by atoms with E-state index in [0.29, 0.717) is 12.2 Å². The van der Waals surface area contributed by atoms with Crippen molar-refractivity contribution in [1.29, 1.82) is 0 Å². The molecule has 0 radical (unpaired) electrons. The minimum absolute atomic E-state index is 0.474. The number of ether oxygens (including phenoxy) is 1. The normalized spacial score (nSPS) is 32.5. The first-order valence-electron chi connectivity index (χ1n) is 4.13. The minimum Gasteiger partial charge on any atom is -0.375 e. The molecule has 58 valence electrons. The Balaban J connectivity index is 2.21. The molecular formula is C9H16O. The van der Waals surface area contributed by atoms with Crippen LogP contribution in [0.4, 0.5) is 0 Å². The van der Waals surface area contributed by atoms with Gasteiger partial charge >= 0.3 is 0 Å². The molecule has 0 aromatic carbocycles. The van der Waals surface area contributed by atoms with Crippen LogP contribution in [0.2, 0.25) is 0 Å². The Labute approximate surface area is 63.1 Å². The smallest absolute Gasteiger partial charge is 0.0614 e. The highest BCUT2D eigenvalue weighted by Crippen LogP contribution is 2.23. The second-order valence-electron chi connectivity index (χ2n) is 2.89. The van der Waals surface area contributed by atoms with Crippen LogP contribution in [0.3, 0.4) is 0 Å². The zero-order chi connectivity index (χ0) is 7.40. The van der Waals surface area contributed by atoms with E-state index in [9.17, 15) is 0 Å². The molecule has 0 N–H and O–H groups in total. The van der Waals surface area contributed by atoms with Gasteiger partial charge in [-0.05, 0) is 25.7 Å². The molecule has 0 amide bonds. The molecule has 2 unspecified atom stereocenters. The molecule has 0 saturated carbocycles. The fourth-order valence-corrected chi connectivity index (χ4v) is 1.44. The first-order chi connectivity index (χ1) is 4.86. The minimum atomic E-state index is 0.474. The van der Waals surface area contributed by atoms with Crippen LogP contribution in [0, 0.1) is 0 Å². The Kier molecular flexibility index (Phi) is 2.94. The summed E-state index contributed by atoms with van der Waals surface area (Å²) in [5, 5.41) is 0. The summed E-state index contributed by atoms with van der Waals surface area (Å²) in [4.78, 5) is 0. The number of rotatable bonds is 3. The molecule has 1 fully saturated rings. The van der Waals surface area contributed by atoms with E-state index in [-0.39, 0.29) is 0 Å². The van der Waals surface area contributed by atoms with Gasteiger partial charge in [0.25, 0.3) is 0 Å². The van der Waals surface area contributed by atoms with Crippen molar-refractivity contribution in [3.05, 3.63) is 12.7 Å². The lowest BCUT2D eigenvalue weighted by atomic mass is 10.1. The Bertz CT molecular complexity index is 109. The quantitative estimate of drug-likeness (QED) is 0.547. The fraction of sp³-hybridized carbons (Fsp3) is 0.778. The highest BCUT2D eigenvalue weighted by atomic mass is 16.5. The van der Waals surface area contributed by atoms with E-state index in [2.05, 4.69) is 13.5 Å². The molecule has 1 aliphatic heterocycles. The molecule has 0 aromatic heterocycles. The highest BCUT2D eigenvalue weighted by Gasteiger charge is 2.21. The average Bonchev–Trinajstić information content (AvgIpc) is 2.37. The second-order valence-corrected chi connectivity index (χ2v) is 2.89. The molecule has 1 rings (SSSR count). The maximum atomic E-state index is 5.68. The fourth-order valence-electron chi connectivity index (χ4n) is 1.44. The molecule has 1 heteroatoms. The third-order valence-electron chi connectivity index (χ3n) is 2.08. The van der Waals surface area contributed by atoms with Crippen LogP contribution in [0.1, 0.15) is 32.6 Å². The first kappa shape index (κ1) is 7.80. The summed E-state index contributed by atoms with van der Waals surface area (Å²) < 4.78 is 5.68. The summed E-state index contributed by atoms with van der Waals surface area (Å²) in [5.74, 6) is 0. The van der Waals surface area contributed by atoms with Crippen LogP contribution < -0.4 is 0 Å². The van der Waals surface area contributed by atoms with Crippen molar-refractivity contribution in [3.8, 4) is 0 Å². The summed E-state index contributed by atoms with van der Waals surface area (Å²) >= 11 is 0. The lowest BCUT2D eigenvalue weighted by molar-refractivity contribution is 0.0453. The van der Waals surface area contributed by atoms with E-state index in [0.717, 1.165) is 12.8 Å². The lowest BCUT2D eigenvalue weighted by Gasteiger charge is -2.09. The van der Waals surface area contributed by atoms with Crippen LogP contribution in [-0.4, -0.2) is 12.2 Å². The maximum Gasteiger partial charge on any atom is 0.0614 e. The van der Waals surface area contributed by atoms with Crippen LogP contribution >= 0.6 is 0 Å². The van der Waals surface area contributed by atoms with Crippen molar-refractivity contribution in [2.24, 2.45) is 0 Å². The monoisotopic (exact) mass is 140 g/mol. The van der Waals surface area contributed by atoms with E-state index in [1.54, 1.807) is 0 Å². The topological polar surface area (TPSA) is 9.23 Å². The summed E-state index contributed by atoms with van der Waals surface area (Å²) in [5.41, 5.74) is 0. The average molecular weight is 140 g/mol. The summed E-state index contributed by atoms with van der Waals surface area (Å²) in [6, 6.07) is 0. The third kappa shape index (κ3) is 1.84. The largest absolute Gasteiger partial charge is 0.375 e. The zero-order valence-electron chi connectivity index (χ0n) is 6.68. The Morgan fingerprint density at radius 2 is 2.20 bits per heavy atom. The van der Waals surface area contributed by atoms with Gasteiger partial charge < -0.3 is 4.74 Å². The van der Waals surface area contributed by atoms with Gasteiger partial charge in [-0.2, -0.15) is 0 Å². The molecule has 0 spiro atoms. The van der Waals surface area contributed by atoms with Crippen molar-refractivity contribution in [1.82, 2.24) is 0 Å². The standard InChI is InChI=1S/C9H16O/c1-3-5-9-7-6-8(4-2)10-9/h3,8-9H,1,4-7H2,2H3. The van der Waals surface area contributed by atoms with Gasteiger partial charge in [0, 0.05) is 0 Å². The molecule has 1 saturated heterocycles. The van der Waals surface area contributed by atoms with Crippen molar-refractivity contribution in [2.75, 3.05) is 0 Å². The van der Waals surface area contributed by atoms with Gasteiger partial charge in [0.15, 0.2) is 0 Å². The lowest BCUT2D eigenvalue weighted by Crippen LogP contribution is -2.08. The highest BCUT2D eigenvalue weighted by molar-refractivity contribution is 4.79. The number of hydrogen-bond acceptors (Lipinski definition) is 1. The van der Waals surface area contributed by atoms with Crippen molar-refractivity contribution >= 4 is 0 Å². The van der Waals surface area contributed by atoms with Crippen LogP contribution in [0.15, 0.2) is 12.7 Å². The van der Waals surface area contributed by atoms with Crippen LogP contribution in [-0.2, 0) is 4.74 Å². The second kappa shape index (κ2) is 3.77. The van der Waals surface area contributed by atoms with E-state index in [4.69, 9.17) is 4.74 Å². The zero-order valence-corrected chi connectivity index (χ0v) is 6.68. The summed E-state index contributed by atoms with van der Waals surface area (Å²) in [6.07, 6.45) is 7.61. The SMILES string of the molecule is C=CCC1CCC(CC)O1. The van der Waals surface area contributed by atoms with E-state index in [1.807, 2.05) is 6.08 Å². The van der Waals surface area contributed by atoms with E-state index < -0.39 is 0 Å². The Hall–Kier alpha value is -0.300. The molecule has 2 atom stereocenters. The van der Waals surface area contributed by atoms with Crippen LogP contribution in [0.5, 0.6) is 0 Å². The molecule has 1 aliphatic rings. The third-order valence-corrected chi connectivity index (χ3v) is 2.08. The van der Waals surface area contributed by atoms with Gasteiger partial charge in [-0.1, -0.05) is 13.0 Å². The van der Waals surface area contributed by atoms with Gasteiger partial charge in [0.2, 0.25) is 0 Å². The Morgan fingerprint density at radius 1 is 1.50 bits per heavy atom. The van der Waals surface area contributed by atoms with Crippen LogP contribution in [0.25, 0.3) is 0 Å². The Morgan fingerprint density at radius 3 is 2.70 bits per heavy atom. The predicted molar refractivity (Wildman–Crippen MR) is 43.0 cm³/mol. The summed E-state index contributed by atoms with van der Waals surface area (Å²) in [7, 11) is 0. The van der Waals surface area contributed by atoms with Gasteiger partial charge in [0.05, 0.1) is 12.2 Å².